The molecule has 0 saturated carbocycles. The number of ether oxygens (including phenoxy) is 2. The molecule has 0 radical (unpaired) electrons. The van der Waals surface area contributed by atoms with Crippen molar-refractivity contribution in [3.05, 3.63) is 56.5 Å². The SMILES string of the molecule is CN(CC(=O)Nc1ccccc1Cl)C(=O)COC(=O)COc1cc(Cl)c(Cl)cc1Cl. The number of nitrogens with one attached hydrogen (secondary N) is 1. The fourth-order valence-corrected chi connectivity index (χ4v) is 2.88. The molecule has 0 fully saturated rings. The van der Waals surface area contributed by atoms with E-state index in [1.165, 1.54) is 19.2 Å². The average Bonchev–Trinajstić information content (AvgIpc) is 2.69. The van der Waals surface area contributed by atoms with E-state index >= 15 is 0 Å². The summed E-state index contributed by atoms with van der Waals surface area (Å²) in [5.41, 5.74) is 0.426. The Balaban J connectivity index is 1.76. The lowest BCUT2D eigenvalue weighted by atomic mass is 10.3. The predicted octanol–water partition coefficient (Wildman–Crippen LogP) is 4.32. The highest BCUT2D eigenvalue weighted by Crippen LogP contribution is 2.33. The van der Waals surface area contributed by atoms with E-state index in [0.717, 1.165) is 4.90 Å². The van der Waals surface area contributed by atoms with Crippen LogP contribution in [0.2, 0.25) is 20.1 Å². The number of para-hydroxylation sites is 1. The molecule has 1 N–H and O–H groups in total. The molecule has 2 amide bonds. The van der Waals surface area contributed by atoms with Gasteiger partial charge in [-0.3, -0.25) is 9.59 Å². The van der Waals surface area contributed by atoms with Gasteiger partial charge in [0.05, 0.1) is 32.3 Å². The molecule has 0 bridgehead atoms. The molecule has 0 heterocycles. The summed E-state index contributed by atoms with van der Waals surface area (Å²) in [6, 6.07) is 9.42. The first-order valence-corrected chi connectivity index (χ1v) is 9.90. The zero-order valence-corrected chi connectivity index (χ0v) is 18.6. The molecule has 2 rings (SSSR count). The molecule has 11 heteroatoms. The molecule has 0 spiro atoms. The highest BCUT2D eigenvalue weighted by Gasteiger charge is 2.17. The summed E-state index contributed by atoms with van der Waals surface area (Å²) in [6.07, 6.45) is 0. The van der Waals surface area contributed by atoms with Gasteiger partial charge in [-0.1, -0.05) is 58.5 Å². The van der Waals surface area contributed by atoms with Gasteiger partial charge in [-0.25, -0.2) is 4.79 Å². The minimum atomic E-state index is -0.806. The molecule has 0 atom stereocenters. The van der Waals surface area contributed by atoms with Gasteiger partial charge in [0.2, 0.25) is 5.91 Å². The third kappa shape index (κ3) is 7.25. The number of anilines is 1. The van der Waals surface area contributed by atoms with Gasteiger partial charge in [-0.05, 0) is 18.2 Å². The Morgan fingerprint density at radius 2 is 1.60 bits per heavy atom. The summed E-state index contributed by atoms with van der Waals surface area (Å²) >= 11 is 23.6. The molecule has 7 nitrogen and oxygen atoms in total. The Bertz CT molecular complexity index is 955. The third-order valence-corrected chi connectivity index (χ3v) is 4.98. The number of esters is 1. The molecule has 0 saturated heterocycles. The van der Waals surface area contributed by atoms with Crippen LogP contribution in [0, 0.1) is 0 Å². The second kappa shape index (κ2) is 11.3. The molecule has 2 aromatic carbocycles. The highest BCUT2D eigenvalue weighted by atomic mass is 35.5. The number of hydrogen-bond donors (Lipinski definition) is 1. The Labute approximate surface area is 192 Å². The van der Waals surface area contributed by atoms with Gasteiger partial charge < -0.3 is 19.7 Å². The number of amides is 2. The fraction of sp³-hybridized carbons (Fsp3) is 0.211. The molecular weight excluding hydrogens is 478 g/mol. The number of rotatable bonds is 8. The van der Waals surface area contributed by atoms with Crippen molar-refractivity contribution in [1.82, 2.24) is 4.90 Å². The van der Waals surface area contributed by atoms with E-state index in [1.807, 2.05) is 0 Å². The van der Waals surface area contributed by atoms with Crippen LogP contribution in [0.15, 0.2) is 36.4 Å². The summed E-state index contributed by atoms with van der Waals surface area (Å²) in [5, 5.41) is 3.57. The second-order valence-electron chi connectivity index (χ2n) is 5.92. The van der Waals surface area contributed by atoms with Crippen LogP contribution >= 0.6 is 46.4 Å². The zero-order chi connectivity index (χ0) is 22.3. The van der Waals surface area contributed by atoms with E-state index in [4.69, 9.17) is 55.9 Å². The van der Waals surface area contributed by atoms with E-state index in [1.54, 1.807) is 24.3 Å². The molecule has 0 aliphatic heterocycles. The third-order valence-electron chi connectivity index (χ3n) is 3.63. The number of benzene rings is 2. The van der Waals surface area contributed by atoms with E-state index in [2.05, 4.69) is 5.32 Å². The van der Waals surface area contributed by atoms with Crippen molar-refractivity contribution in [2.75, 3.05) is 32.1 Å². The number of halogens is 4. The molecule has 0 aromatic heterocycles. The van der Waals surface area contributed by atoms with Crippen molar-refractivity contribution >= 4 is 69.9 Å². The van der Waals surface area contributed by atoms with Gasteiger partial charge in [0.1, 0.15) is 5.75 Å². The van der Waals surface area contributed by atoms with Crippen molar-refractivity contribution in [3.63, 3.8) is 0 Å². The number of carbonyl (C=O) groups excluding carboxylic acids is 3. The average molecular weight is 494 g/mol. The van der Waals surface area contributed by atoms with Crippen molar-refractivity contribution in [3.8, 4) is 5.75 Å². The number of hydrogen-bond acceptors (Lipinski definition) is 5. The maximum atomic E-state index is 12.1. The van der Waals surface area contributed by atoms with E-state index in [0.29, 0.717) is 10.7 Å². The van der Waals surface area contributed by atoms with Crippen LogP contribution in [0.4, 0.5) is 5.69 Å². The van der Waals surface area contributed by atoms with Crippen LogP contribution in [0.25, 0.3) is 0 Å². The summed E-state index contributed by atoms with van der Waals surface area (Å²) in [7, 11) is 1.40. The Morgan fingerprint density at radius 3 is 2.30 bits per heavy atom. The van der Waals surface area contributed by atoms with Gasteiger partial charge in [-0.2, -0.15) is 0 Å². The topological polar surface area (TPSA) is 84.9 Å². The monoisotopic (exact) mass is 492 g/mol. The van der Waals surface area contributed by atoms with Crippen LogP contribution in [-0.4, -0.2) is 49.5 Å². The lowest BCUT2D eigenvalue weighted by Gasteiger charge is -2.17. The van der Waals surface area contributed by atoms with Crippen LogP contribution in [0.3, 0.4) is 0 Å². The largest absolute Gasteiger partial charge is 0.480 e. The molecule has 160 valence electrons. The fourth-order valence-electron chi connectivity index (χ4n) is 2.10. The van der Waals surface area contributed by atoms with Crippen LogP contribution in [0.5, 0.6) is 5.75 Å². The quantitative estimate of drug-likeness (QED) is 0.437. The van der Waals surface area contributed by atoms with Gasteiger partial charge >= 0.3 is 5.97 Å². The maximum absolute atomic E-state index is 12.1. The minimum Gasteiger partial charge on any atom is -0.480 e. The predicted molar refractivity (Wildman–Crippen MR) is 116 cm³/mol. The zero-order valence-electron chi connectivity index (χ0n) is 15.6. The lowest BCUT2D eigenvalue weighted by Crippen LogP contribution is -2.37. The maximum Gasteiger partial charge on any atom is 0.344 e. The van der Waals surface area contributed by atoms with Crippen molar-refractivity contribution in [2.45, 2.75) is 0 Å². The van der Waals surface area contributed by atoms with Gasteiger partial charge in [0.25, 0.3) is 5.91 Å². The van der Waals surface area contributed by atoms with Gasteiger partial charge in [0, 0.05) is 13.1 Å². The first-order chi connectivity index (χ1) is 14.2. The first-order valence-electron chi connectivity index (χ1n) is 8.38. The summed E-state index contributed by atoms with van der Waals surface area (Å²) in [5.74, 6) is -1.70. The van der Waals surface area contributed by atoms with Crippen LogP contribution in [0.1, 0.15) is 0 Å². The number of carbonyl (C=O) groups is 3. The molecule has 2 aromatic rings. The lowest BCUT2D eigenvalue weighted by molar-refractivity contribution is -0.153. The molecule has 0 aliphatic carbocycles. The van der Waals surface area contributed by atoms with Crippen molar-refractivity contribution < 1.29 is 23.9 Å². The standard InChI is InChI=1S/C19H16Cl4N2O5/c1-25(8-17(26)24-15-5-3-2-4-11(15)20)18(27)9-30-19(28)10-29-16-7-13(22)12(21)6-14(16)23/h2-7H,8-10H2,1H3,(H,24,26). The van der Waals surface area contributed by atoms with Crippen LogP contribution < -0.4 is 10.1 Å². The Hall–Kier alpha value is -2.19. The van der Waals surface area contributed by atoms with E-state index in [-0.39, 0.29) is 27.4 Å². The smallest absolute Gasteiger partial charge is 0.344 e. The highest BCUT2D eigenvalue weighted by molar-refractivity contribution is 6.43. The minimum absolute atomic E-state index is 0.141. The number of likely N-dealkylation sites (N-methyl/N-ethyl adjacent to an activating group) is 1. The van der Waals surface area contributed by atoms with Gasteiger partial charge in [-0.15, -0.1) is 0 Å². The summed E-state index contributed by atoms with van der Waals surface area (Å²) in [4.78, 5) is 37.0. The van der Waals surface area contributed by atoms with E-state index in [9.17, 15) is 14.4 Å². The molecule has 30 heavy (non-hydrogen) atoms. The molecule has 0 aliphatic rings. The summed E-state index contributed by atoms with van der Waals surface area (Å²) < 4.78 is 10.1. The van der Waals surface area contributed by atoms with Crippen molar-refractivity contribution in [1.29, 1.82) is 0 Å². The summed E-state index contributed by atoms with van der Waals surface area (Å²) in [6.45, 7) is -1.31. The molecular formula is C19H16Cl4N2O5. The van der Waals surface area contributed by atoms with Gasteiger partial charge in [0.15, 0.2) is 13.2 Å². The Morgan fingerprint density at radius 1 is 0.933 bits per heavy atom. The second-order valence-corrected chi connectivity index (χ2v) is 7.55. The number of nitrogens with zero attached hydrogens (tertiary/aromatic N) is 1. The van der Waals surface area contributed by atoms with E-state index < -0.39 is 31.0 Å². The van der Waals surface area contributed by atoms with Crippen LogP contribution in [-0.2, 0) is 19.1 Å². The first kappa shape index (κ1) is 24.1. The molecule has 0 unspecified atom stereocenters. The Kier molecular flexibility index (Phi) is 9.05. The van der Waals surface area contributed by atoms with Crippen molar-refractivity contribution in [2.24, 2.45) is 0 Å². The normalized spacial score (nSPS) is 10.3.